The second-order valence-electron chi connectivity index (χ2n) is 4.89. The highest BCUT2D eigenvalue weighted by Crippen LogP contribution is 2.35. The topological polar surface area (TPSA) is 47.3 Å². The zero-order valence-electron chi connectivity index (χ0n) is 11.1. The van der Waals surface area contributed by atoms with Gasteiger partial charge in [0.05, 0.1) is 23.5 Å². The molecule has 17 heavy (non-hydrogen) atoms. The average Bonchev–Trinajstić information content (AvgIpc) is 2.60. The fraction of sp³-hybridized carbons (Fsp3) is 0.750. The van der Waals surface area contributed by atoms with Gasteiger partial charge in [0.15, 0.2) is 0 Å². The molecule has 0 aliphatic carbocycles. The molecule has 1 N–H and O–H groups in total. The lowest BCUT2D eigenvalue weighted by atomic mass is 9.87. The van der Waals surface area contributed by atoms with Crippen molar-refractivity contribution in [3.05, 3.63) is 16.9 Å². The molecule has 1 aromatic rings. The fourth-order valence-corrected chi connectivity index (χ4v) is 2.16. The summed E-state index contributed by atoms with van der Waals surface area (Å²) in [5.41, 5.74) is -0.488. The number of nitrogens with zero attached hydrogens (tertiary/aromatic N) is 2. The average molecular weight is 261 g/mol. The van der Waals surface area contributed by atoms with E-state index in [1.807, 2.05) is 27.7 Å². The molecule has 0 aliphatic rings. The van der Waals surface area contributed by atoms with E-state index in [9.17, 15) is 5.11 Å². The molecule has 98 valence electrons. The van der Waals surface area contributed by atoms with Crippen molar-refractivity contribution in [2.45, 2.75) is 39.3 Å². The van der Waals surface area contributed by atoms with Crippen LogP contribution in [0.2, 0.25) is 5.02 Å². The third kappa shape index (κ3) is 2.64. The molecule has 0 aromatic carbocycles. The quantitative estimate of drug-likeness (QED) is 0.885. The summed E-state index contributed by atoms with van der Waals surface area (Å²) in [4.78, 5) is 0. The van der Waals surface area contributed by atoms with Crippen molar-refractivity contribution >= 4 is 11.6 Å². The van der Waals surface area contributed by atoms with Crippen molar-refractivity contribution < 1.29 is 9.84 Å². The molecule has 1 aromatic heterocycles. The van der Waals surface area contributed by atoms with E-state index in [1.165, 1.54) is 0 Å². The summed E-state index contributed by atoms with van der Waals surface area (Å²) in [5, 5.41) is 15.5. The minimum Gasteiger partial charge on any atom is -0.381 e. The summed E-state index contributed by atoms with van der Waals surface area (Å²) in [5.74, 6) is -0.0193. The predicted octanol–water partition coefficient (Wildman–Crippen LogP) is 2.61. The van der Waals surface area contributed by atoms with Crippen LogP contribution in [0.5, 0.6) is 0 Å². The Morgan fingerprint density at radius 2 is 2.06 bits per heavy atom. The van der Waals surface area contributed by atoms with Gasteiger partial charge >= 0.3 is 0 Å². The zero-order chi connectivity index (χ0) is 13.2. The number of hydrogen-bond donors (Lipinski definition) is 1. The van der Waals surface area contributed by atoms with Crippen LogP contribution in [0.3, 0.4) is 0 Å². The van der Waals surface area contributed by atoms with Crippen molar-refractivity contribution in [1.82, 2.24) is 9.78 Å². The Kier molecular flexibility index (Phi) is 4.58. The summed E-state index contributed by atoms with van der Waals surface area (Å²) >= 11 is 6.15. The summed E-state index contributed by atoms with van der Waals surface area (Å²) in [6, 6.07) is 0.139. The molecule has 0 saturated heterocycles. The Morgan fingerprint density at radius 3 is 2.47 bits per heavy atom. The van der Waals surface area contributed by atoms with Crippen LogP contribution >= 0.6 is 11.6 Å². The van der Waals surface area contributed by atoms with Gasteiger partial charge in [-0.15, -0.1) is 0 Å². The van der Waals surface area contributed by atoms with Gasteiger partial charge in [-0.05, 0) is 19.8 Å². The number of aromatic nitrogens is 2. The van der Waals surface area contributed by atoms with E-state index in [2.05, 4.69) is 5.10 Å². The molecular formula is C12H21ClN2O2. The molecular weight excluding hydrogens is 240 g/mol. The van der Waals surface area contributed by atoms with E-state index in [0.717, 1.165) is 0 Å². The first-order valence-corrected chi connectivity index (χ1v) is 6.17. The number of halogens is 1. The first kappa shape index (κ1) is 14.5. The molecule has 4 nitrogen and oxygen atoms in total. The third-order valence-electron chi connectivity index (χ3n) is 2.97. The van der Waals surface area contributed by atoms with Crippen LogP contribution in [-0.4, -0.2) is 28.6 Å². The maximum absolute atomic E-state index is 10.8. The molecule has 0 bridgehead atoms. The Bertz CT molecular complexity index is 377. The van der Waals surface area contributed by atoms with Gasteiger partial charge in [-0.25, -0.2) is 0 Å². The molecule has 0 spiro atoms. The van der Waals surface area contributed by atoms with Gasteiger partial charge in [0, 0.05) is 13.2 Å². The van der Waals surface area contributed by atoms with Gasteiger partial charge < -0.3 is 9.84 Å². The lowest BCUT2D eigenvalue weighted by Gasteiger charge is -2.33. The van der Waals surface area contributed by atoms with Crippen molar-refractivity contribution in [2.75, 3.05) is 13.7 Å². The van der Waals surface area contributed by atoms with Gasteiger partial charge in [-0.1, -0.05) is 25.4 Å². The molecule has 1 unspecified atom stereocenters. The number of aliphatic hydroxyl groups is 1. The van der Waals surface area contributed by atoms with Crippen molar-refractivity contribution in [1.29, 1.82) is 0 Å². The number of hydrogen-bond acceptors (Lipinski definition) is 3. The first-order valence-electron chi connectivity index (χ1n) is 5.79. The SMILES string of the molecule is COCC(O)(c1c(Cl)cnn1C(C)C)C(C)C. The monoisotopic (exact) mass is 260 g/mol. The number of ether oxygens (including phenoxy) is 1. The Balaban J connectivity index is 3.32. The van der Waals surface area contributed by atoms with Gasteiger partial charge in [0.1, 0.15) is 5.60 Å². The molecule has 0 fully saturated rings. The van der Waals surface area contributed by atoms with Crippen molar-refractivity contribution in [3.63, 3.8) is 0 Å². The van der Waals surface area contributed by atoms with E-state index in [0.29, 0.717) is 10.7 Å². The molecule has 1 heterocycles. The molecule has 1 atom stereocenters. The van der Waals surface area contributed by atoms with Crippen LogP contribution < -0.4 is 0 Å². The summed E-state index contributed by atoms with van der Waals surface area (Å²) in [6.45, 7) is 8.07. The van der Waals surface area contributed by atoms with Crippen LogP contribution in [0.15, 0.2) is 6.20 Å². The second kappa shape index (κ2) is 5.38. The molecule has 0 saturated carbocycles. The van der Waals surface area contributed by atoms with Crippen LogP contribution in [0, 0.1) is 5.92 Å². The standard InChI is InChI=1S/C12H21ClN2O2/c1-8(2)12(16,7-17-5)11-10(13)6-14-15(11)9(3)4/h6,8-9,16H,7H2,1-5H3. The molecule has 5 heteroatoms. The van der Waals surface area contributed by atoms with Crippen LogP contribution in [0.4, 0.5) is 0 Å². The van der Waals surface area contributed by atoms with Gasteiger partial charge in [-0.2, -0.15) is 5.10 Å². The lowest BCUT2D eigenvalue weighted by Crippen LogP contribution is -2.39. The summed E-state index contributed by atoms with van der Waals surface area (Å²) in [7, 11) is 1.57. The fourth-order valence-electron chi connectivity index (χ4n) is 1.87. The van der Waals surface area contributed by atoms with E-state index < -0.39 is 5.60 Å². The Morgan fingerprint density at radius 1 is 1.47 bits per heavy atom. The lowest BCUT2D eigenvalue weighted by molar-refractivity contribution is -0.0765. The van der Waals surface area contributed by atoms with Crippen LogP contribution in [0.1, 0.15) is 39.4 Å². The number of rotatable bonds is 5. The highest BCUT2D eigenvalue weighted by molar-refractivity contribution is 6.31. The largest absolute Gasteiger partial charge is 0.381 e. The minimum atomic E-state index is -1.12. The molecule has 0 amide bonds. The molecule has 0 aliphatic heterocycles. The Hall–Kier alpha value is -0.580. The van der Waals surface area contributed by atoms with Crippen molar-refractivity contribution in [3.8, 4) is 0 Å². The van der Waals surface area contributed by atoms with E-state index in [-0.39, 0.29) is 18.6 Å². The highest BCUT2D eigenvalue weighted by Gasteiger charge is 2.39. The Labute approximate surface area is 108 Å². The summed E-state index contributed by atoms with van der Waals surface area (Å²) in [6.07, 6.45) is 1.57. The molecule has 0 radical (unpaired) electrons. The minimum absolute atomic E-state index is 0.0193. The van der Waals surface area contributed by atoms with Gasteiger partial charge in [0.25, 0.3) is 0 Å². The maximum atomic E-state index is 10.8. The predicted molar refractivity (Wildman–Crippen MR) is 68.2 cm³/mol. The van der Waals surface area contributed by atoms with Gasteiger partial charge in [0.2, 0.25) is 0 Å². The smallest absolute Gasteiger partial charge is 0.133 e. The summed E-state index contributed by atoms with van der Waals surface area (Å²) < 4.78 is 6.88. The molecule has 1 rings (SSSR count). The van der Waals surface area contributed by atoms with Crippen molar-refractivity contribution in [2.24, 2.45) is 5.92 Å². The third-order valence-corrected chi connectivity index (χ3v) is 3.25. The maximum Gasteiger partial charge on any atom is 0.133 e. The first-order chi connectivity index (χ1) is 7.84. The van der Waals surface area contributed by atoms with E-state index >= 15 is 0 Å². The van der Waals surface area contributed by atoms with Crippen LogP contribution in [0.25, 0.3) is 0 Å². The van der Waals surface area contributed by atoms with E-state index in [4.69, 9.17) is 16.3 Å². The normalized spacial score (nSPS) is 15.6. The highest BCUT2D eigenvalue weighted by atomic mass is 35.5. The van der Waals surface area contributed by atoms with Gasteiger partial charge in [-0.3, -0.25) is 4.68 Å². The van der Waals surface area contributed by atoms with Crippen LogP contribution in [-0.2, 0) is 10.3 Å². The van der Waals surface area contributed by atoms with E-state index in [1.54, 1.807) is 18.0 Å². The zero-order valence-corrected chi connectivity index (χ0v) is 11.8. The second-order valence-corrected chi connectivity index (χ2v) is 5.30. The number of methoxy groups -OCH3 is 1.